The fourth-order valence-electron chi connectivity index (χ4n) is 2.60. The number of nitro groups is 1. The lowest BCUT2D eigenvalue weighted by molar-refractivity contribution is -0.384. The Morgan fingerprint density at radius 3 is 2.78 bits per heavy atom. The van der Waals surface area contributed by atoms with E-state index in [0.717, 1.165) is 5.56 Å². The van der Waals surface area contributed by atoms with Crippen molar-refractivity contribution in [1.29, 1.82) is 0 Å². The molecular weight excluding hydrogens is 370 g/mol. The first-order valence-corrected chi connectivity index (χ1v) is 8.89. The van der Waals surface area contributed by atoms with Crippen LogP contribution in [-0.4, -0.2) is 29.0 Å². The zero-order valence-corrected chi connectivity index (χ0v) is 14.7. The van der Waals surface area contributed by atoms with E-state index in [9.17, 15) is 14.9 Å². The summed E-state index contributed by atoms with van der Waals surface area (Å²) in [6.07, 6.45) is 0. The number of hydrogen-bond acceptors (Lipinski definition) is 7. The number of nitro benzene ring substituents is 1. The summed E-state index contributed by atoms with van der Waals surface area (Å²) in [7, 11) is 0. The van der Waals surface area contributed by atoms with E-state index in [1.807, 2.05) is 23.6 Å². The third kappa shape index (κ3) is 3.58. The van der Waals surface area contributed by atoms with Crippen LogP contribution in [0, 0.1) is 10.1 Å². The molecule has 0 bridgehead atoms. The molecule has 9 heteroatoms. The van der Waals surface area contributed by atoms with Crippen LogP contribution in [0.1, 0.15) is 10.4 Å². The Bertz CT molecular complexity index is 1030. The molecule has 1 N–H and O–H groups in total. The number of nitrogens with zero attached hydrogens (tertiary/aromatic N) is 2. The first kappa shape index (κ1) is 17.0. The highest BCUT2D eigenvalue weighted by atomic mass is 32.1. The van der Waals surface area contributed by atoms with Gasteiger partial charge in [-0.1, -0.05) is 6.07 Å². The number of amides is 1. The number of anilines is 1. The standard InChI is InChI=1S/C18H13N3O5S/c22-17(12-2-1-3-13(8-12)21(23)24)20-18-19-14(10-27-18)11-4-5-15-16(9-11)26-7-6-25-15/h1-5,8-10H,6-7H2,(H,19,20,22). The van der Waals surface area contributed by atoms with Crippen LogP contribution in [0.4, 0.5) is 10.8 Å². The number of thiazole rings is 1. The summed E-state index contributed by atoms with van der Waals surface area (Å²) < 4.78 is 11.1. The number of carbonyl (C=O) groups excluding carboxylic acids is 1. The van der Waals surface area contributed by atoms with Crippen LogP contribution >= 0.6 is 11.3 Å². The number of ether oxygens (including phenoxy) is 2. The molecule has 0 fully saturated rings. The second-order valence-electron chi connectivity index (χ2n) is 5.66. The average molecular weight is 383 g/mol. The van der Waals surface area contributed by atoms with Crippen molar-refractivity contribution in [2.75, 3.05) is 18.5 Å². The van der Waals surface area contributed by atoms with E-state index in [4.69, 9.17) is 9.47 Å². The van der Waals surface area contributed by atoms with Gasteiger partial charge in [0.1, 0.15) is 13.2 Å². The maximum Gasteiger partial charge on any atom is 0.270 e. The minimum atomic E-state index is -0.542. The van der Waals surface area contributed by atoms with Crippen LogP contribution in [0.15, 0.2) is 47.8 Å². The highest BCUT2D eigenvalue weighted by Crippen LogP contribution is 2.35. The molecule has 1 amide bonds. The lowest BCUT2D eigenvalue weighted by Gasteiger charge is -2.18. The Morgan fingerprint density at radius 2 is 1.96 bits per heavy atom. The van der Waals surface area contributed by atoms with E-state index in [1.54, 1.807) is 0 Å². The van der Waals surface area contributed by atoms with Crippen LogP contribution in [-0.2, 0) is 0 Å². The lowest BCUT2D eigenvalue weighted by atomic mass is 10.1. The van der Waals surface area contributed by atoms with Gasteiger partial charge in [0, 0.05) is 28.6 Å². The van der Waals surface area contributed by atoms with Crippen LogP contribution in [0.2, 0.25) is 0 Å². The molecule has 27 heavy (non-hydrogen) atoms. The molecule has 0 atom stereocenters. The predicted octanol–water partition coefficient (Wildman–Crippen LogP) is 3.74. The molecule has 0 saturated heterocycles. The average Bonchev–Trinajstić information content (AvgIpc) is 3.16. The number of aromatic nitrogens is 1. The van der Waals surface area contributed by atoms with Gasteiger partial charge in [0.25, 0.3) is 11.6 Å². The fraction of sp³-hybridized carbons (Fsp3) is 0.111. The van der Waals surface area contributed by atoms with Gasteiger partial charge in [-0.05, 0) is 24.3 Å². The summed E-state index contributed by atoms with van der Waals surface area (Å²) in [4.78, 5) is 27.0. The second-order valence-corrected chi connectivity index (χ2v) is 6.52. The van der Waals surface area contributed by atoms with Crippen LogP contribution in [0.25, 0.3) is 11.3 Å². The van der Waals surface area contributed by atoms with Gasteiger partial charge in [-0.25, -0.2) is 4.98 Å². The summed E-state index contributed by atoms with van der Waals surface area (Å²) in [6.45, 7) is 1.02. The van der Waals surface area contributed by atoms with Crippen molar-refractivity contribution < 1.29 is 19.2 Å². The molecule has 0 saturated carbocycles. The summed E-state index contributed by atoms with van der Waals surface area (Å²) in [5.41, 5.74) is 1.58. The molecule has 0 aliphatic carbocycles. The number of non-ortho nitro benzene ring substituents is 1. The van der Waals surface area contributed by atoms with E-state index < -0.39 is 10.8 Å². The molecule has 2 heterocycles. The minimum absolute atomic E-state index is 0.140. The van der Waals surface area contributed by atoms with E-state index in [-0.39, 0.29) is 11.3 Å². The van der Waals surface area contributed by atoms with Crippen LogP contribution < -0.4 is 14.8 Å². The topological polar surface area (TPSA) is 104 Å². The molecule has 136 valence electrons. The summed E-state index contributed by atoms with van der Waals surface area (Å²) in [6, 6.07) is 11.1. The second kappa shape index (κ2) is 7.04. The highest BCUT2D eigenvalue weighted by Gasteiger charge is 2.16. The van der Waals surface area contributed by atoms with Crippen molar-refractivity contribution in [1.82, 2.24) is 4.98 Å². The first-order valence-electron chi connectivity index (χ1n) is 8.01. The van der Waals surface area contributed by atoms with Gasteiger partial charge >= 0.3 is 0 Å². The normalized spacial score (nSPS) is 12.4. The molecule has 3 aromatic rings. The van der Waals surface area contributed by atoms with Crippen LogP contribution in [0.3, 0.4) is 0 Å². The molecule has 1 aliphatic heterocycles. The SMILES string of the molecule is O=C(Nc1nc(-c2ccc3c(c2)OCCO3)cs1)c1cccc([N+](=O)[O-])c1. The van der Waals surface area contributed by atoms with Gasteiger partial charge < -0.3 is 9.47 Å². The van der Waals surface area contributed by atoms with Gasteiger partial charge in [0.2, 0.25) is 0 Å². The third-order valence-corrected chi connectivity index (χ3v) is 4.64. The molecule has 0 spiro atoms. The molecule has 1 aromatic heterocycles. The number of fused-ring (bicyclic) bond motifs is 1. The zero-order valence-electron chi connectivity index (χ0n) is 13.9. The monoisotopic (exact) mass is 383 g/mol. The quantitative estimate of drug-likeness (QED) is 0.544. The Labute approximate surface area is 157 Å². The number of nitrogens with one attached hydrogen (secondary N) is 1. The summed E-state index contributed by atoms with van der Waals surface area (Å²) >= 11 is 1.27. The maximum absolute atomic E-state index is 12.3. The Morgan fingerprint density at radius 1 is 1.15 bits per heavy atom. The molecule has 8 nitrogen and oxygen atoms in total. The smallest absolute Gasteiger partial charge is 0.270 e. The Hall–Kier alpha value is -3.46. The zero-order chi connectivity index (χ0) is 18.8. The maximum atomic E-state index is 12.3. The number of hydrogen-bond donors (Lipinski definition) is 1. The van der Waals surface area contributed by atoms with Gasteiger partial charge in [0.05, 0.1) is 10.6 Å². The predicted molar refractivity (Wildman–Crippen MR) is 99.6 cm³/mol. The molecule has 4 rings (SSSR count). The van der Waals surface area contributed by atoms with Gasteiger partial charge in [0.15, 0.2) is 16.6 Å². The van der Waals surface area contributed by atoms with Crippen molar-refractivity contribution in [2.24, 2.45) is 0 Å². The van der Waals surface area contributed by atoms with Gasteiger partial charge in [-0.15, -0.1) is 11.3 Å². The van der Waals surface area contributed by atoms with Gasteiger partial charge in [-0.3, -0.25) is 20.2 Å². The lowest BCUT2D eigenvalue weighted by Crippen LogP contribution is -2.15. The van der Waals surface area contributed by atoms with Crippen molar-refractivity contribution in [3.8, 4) is 22.8 Å². The van der Waals surface area contributed by atoms with E-state index >= 15 is 0 Å². The third-order valence-electron chi connectivity index (χ3n) is 3.88. The first-order chi connectivity index (χ1) is 13.1. The van der Waals surface area contributed by atoms with E-state index in [1.165, 1.54) is 35.6 Å². The van der Waals surface area contributed by atoms with Gasteiger partial charge in [-0.2, -0.15) is 0 Å². The number of benzene rings is 2. The van der Waals surface area contributed by atoms with E-state index in [0.29, 0.717) is 35.5 Å². The van der Waals surface area contributed by atoms with E-state index in [2.05, 4.69) is 10.3 Å². The minimum Gasteiger partial charge on any atom is -0.486 e. The summed E-state index contributed by atoms with van der Waals surface area (Å²) in [5, 5.41) is 15.7. The largest absolute Gasteiger partial charge is 0.486 e. The molecule has 0 radical (unpaired) electrons. The van der Waals surface area contributed by atoms with Crippen molar-refractivity contribution in [3.63, 3.8) is 0 Å². The molecule has 2 aromatic carbocycles. The fourth-order valence-corrected chi connectivity index (χ4v) is 3.31. The Kier molecular flexibility index (Phi) is 4.43. The number of rotatable bonds is 4. The van der Waals surface area contributed by atoms with Crippen molar-refractivity contribution >= 4 is 28.1 Å². The molecule has 0 unspecified atom stereocenters. The molecule has 1 aliphatic rings. The summed E-state index contributed by atoms with van der Waals surface area (Å²) in [5.74, 6) is 0.898. The highest BCUT2D eigenvalue weighted by molar-refractivity contribution is 7.14. The van der Waals surface area contributed by atoms with Crippen LogP contribution in [0.5, 0.6) is 11.5 Å². The Balaban J connectivity index is 1.52. The van der Waals surface area contributed by atoms with Crippen molar-refractivity contribution in [2.45, 2.75) is 0 Å². The number of carbonyl (C=O) groups is 1. The van der Waals surface area contributed by atoms with Crippen molar-refractivity contribution in [3.05, 3.63) is 63.5 Å². The molecular formula is C18H13N3O5S.